The molecule has 0 N–H and O–H groups in total. The molecule has 3 aromatic rings. The fourth-order valence-corrected chi connectivity index (χ4v) is 10.5. The molecule has 1 aliphatic heterocycles. The van der Waals surface area contributed by atoms with Crippen LogP contribution in [-0.2, 0) is 0 Å². The molecule has 3 heteroatoms. The molecule has 0 saturated heterocycles. The van der Waals surface area contributed by atoms with Crippen molar-refractivity contribution < 1.29 is 0 Å². The van der Waals surface area contributed by atoms with Gasteiger partial charge in [-0.1, -0.05) is 0 Å². The molecule has 1 aliphatic rings. The number of benzene rings is 2. The summed E-state index contributed by atoms with van der Waals surface area (Å²) in [4.78, 5) is 0. The van der Waals surface area contributed by atoms with Crippen molar-refractivity contribution in [2.24, 2.45) is 0 Å². The Labute approximate surface area is 124 Å². The van der Waals surface area contributed by atoms with Crippen LogP contribution in [0, 0.1) is 0 Å². The zero-order chi connectivity index (χ0) is 12.9. The average molecular weight is 345 g/mol. The summed E-state index contributed by atoms with van der Waals surface area (Å²) in [5.41, 5.74) is 1.29. The molecule has 0 radical (unpaired) electrons. The van der Waals surface area contributed by atoms with Crippen LogP contribution in [0.3, 0.4) is 0 Å². The molecule has 0 bridgehead atoms. The summed E-state index contributed by atoms with van der Waals surface area (Å²) >= 11 is 5.45. The van der Waals surface area contributed by atoms with Gasteiger partial charge in [0.05, 0.1) is 0 Å². The van der Waals surface area contributed by atoms with E-state index in [1.165, 1.54) is 26.4 Å². The van der Waals surface area contributed by atoms with E-state index in [0.717, 1.165) is 0 Å². The first-order valence-corrected chi connectivity index (χ1v) is 11.0. The van der Waals surface area contributed by atoms with E-state index in [0.29, 0.717) is 0 Å². The van der Waals surface area contributed by atoms with Gasteiger partial charge in [-0.05, 0) is 0 Å². The molecular formula is C16H11PSSe. The zero-order valence-corrected chi connectivity index (χ0v) is 13.5. The molecule has 4 rings (SSSR count). The second kappa shape index (κ2) is 4.30. The van der Waals surface area contributed by atoms with Gasteiger partial charge in [-0.2, -0.15) is 0 Å². The molecular weight excluding hydrogens is 334 g/mol. The number of fused-ring (bicyclic) bond motifs is 3. The van der Waals surface area contributed by atoms with Crippen LogP contribution in [0.15, 0.2) is 66.0 Å². The minimum atomic E-state index is -1.51. The number of thiophene rings is 1. The summed E-state index contributed by atoms with van der Waals surface area (Å²) in [6.45, 7) is 0. The van der Waals surface area contributed by atoms with Gasteiger partial charge in [0.25, 0.3) is 0 Å². The third-order valence-corrected chi connectivity index (χ3v) is 12.8. The molecule has 1 aromatic heterocycles. The number of hydrogen-bond donors (Lipinski definition) is 0. The van der Waals surface area contributed by atoms with Gasteiger partial charge >= 0.3 is 124 Å². The van der Waals surface area contributed by atoms with Crippen molar-refractivity contribution in [1.82, 2.24) is 0 Å². The molecule has 0 spiro atoms. The normalized spacial score (nSPS) is 14.9. The van der Waals surface area contributed by atoms with Gasteiger partial charge < -0.3 is 0 Å². The van der Waals surface area contributed by atoms with E-state index in [1.54, 1.807) is 0 Å². The van der Waals surface area contributed by atoms with E-state index < -0.39 is 5.51 Å². The fourth-order valence-electron chi connectivity index (χ4n) is 2.77. The molecule has 2 heterocycles. The summed E-state index contributed by atoms with van der Waals surface area (Å²) in [5, 5.41) is 5.15. The Morgan fingerprint density at radius 3 is 1.84 bits per heavy atom. The molecule has 0 aliphatic carbocycles. The van der Waals surface area contributed by atoms with Crippen LogP contribution in [-0.4, -0.2) is 15.1 Å². The van der Waals surface area contributed by atoms with E-state index in [9.17, 15) is 0 Å². The number of hydrogen-bond acceptors (Lipinski definition) is 1. The van der Waals surface area contributed by atoms with Crippen molar-refractivity contribution in [2.45, 2.75) is 0 Å². The van der Waals surface area contributed by atoms with Crippen molar-refractivity contribution in [3.8, 4) is 11.1 Å². The first-order chi connectivity index (χ1) is 9.32. The van der Waals surface area contributed by atoms with E-state index in [4.69, 9.17) is 0 Å². The van der Waals surface area contributed by atoms with Gasteiger partial charge in [0.1, 0.15) is 0 Å². The van der Waals surface area contributed by atoms with Gasteiger partial charge in [-0.3, -0.25) is 0 Å². The van der Waals surface area contributed by atoms with Crippen LogP contribution >= 0.6 is 16.8 Å². The maximum absolute atomic E-state index is 3.59. The van der Waals surface area contributed by atoms with Crippen LogP contribution in [0.2, 0.25) is 0 Å². The van der Waals surface area contributed by atoms with Crippen molar-refractivity contribution >= 4 is 47.2 Å². The van der Waals surface area contributed by atoms with Gasteiger partial charge in [0.15, 0.2) is 0 Å². The van der Waals surface area contributed by atoms with Gasteiger partial charge in [-0.15, -0.1) is 0 Å². The second-order valence-electron chi connectivity index (χ2n) is 4.59. The van der Waals surface area contributed by atoms with Crippen molar-refractivity contribution in [3.05, 3.63) is 66.0 Å². The number of rotatable bonds is 1. The average Bonchev–Trinajstić information content (AvgIpc) is 3.08. The van der Waals surface area contributed by atoms with Crippen LogP contribution in [0.4, 0.5) is 0 Å². The Bertz CT molecular complexity index is 756. The Balaban J connectivity index is 2.16. The second-order valence-corrected chi connectivity index (χ2v) is 12.0. The van der Waals surface area contributed by atoms with Gasteiger partial charge in [0.2, 0.25) is 0 Å². The third-order valence-electron chi connectivity index (χ3n) is 3.59. The van der Waals surface area contributed by atoms with Gasteiger partial charge in [-0.25, -0.2) is 0 Å². The molecule has 0 nitrogen and oxygen atoms in total. The van der Waals surface area contributed by atoms with Crippen LogP contribution in [0.25, 0.3) is 11.1 Å². The topological polar surface area (TPSA) is 0 Å². The molecule has 92 valence electrons. The fraction of sp³-hybridized carbons (Fsp3) is 0. The maximum atomic E-state index is 3.59. The summed E-state index contributed by atoms with van der Waals surface area (Å²) in [6.07, 6.45) is 0. The van der Waals surface area contributed by atoms with E-state index in [2.05, 4.69) is 81.1 Å². The molecule has 0 saturated carbocycles. The Morgan fingerprint density at radius 1 is 0.737 bits per heavy atom. The summed E-state index contributed by atoms with van der Waals surface area (Å²) in [5.74, 6) is 0. The van der Waals surface area contributed by atoms with Gasteiger partial charge in [0, 0.05) is 0 Å². The summed E-state index contributed by atoms with van der Waals surface area (Å²) in [7, 11) is 0. The minimum absolute atomic E-state index is 1.40. The van der Waals surface area contributed by atoms with Crippen molar-refractivity contribution in [2.75, 3.05) is 0 Å². The molecule has 0 fully saturated rings. The van der Waals surface area contributed by atoms with Crippen LogP contribution in [0.5, 0.6) is 0 Å². The summed E-state index contributed by atoms with van der Waals surface area (Å²) in [6, 6.07) is 22.1. The SMILES string of the molecule is [Se]=P1(c2cccs2)c2ccccc2-c2ccccc21. The van der Waals surface area contributed by atoms with Crippen molar-refractivity contribution in [3.63, 3.8) is 0 Å². The standard InChI is InChI=1S/C16H11PSSe/c19-17(16-10-5-11-18-16)14-8-3-1-6-12(14)13-7-2-4-9-15(13)17/h1-11H. The first kappa shape index (κ1) is 11.9. The molecule has 0 atom stereocenters. The summed E-state index contributed by atoms with van der Waals surface area (Å²) < 4.78 is 1.48. The quantitative estimate of drug-likeness (QED) is 0.367. The Hall–Kier alpha value is -0.911. The molecule has 0 amide bonds. The van der Waals surface area contributed by atoms with E-state index in [-0.39, 0.29) is 0 Å². The molecule has 19 heavy (non-hydrogen) atoms. The molecule has 2 aromatic carbocycles. The van der Waals surface area contributed by atoms with Crippen LogP contribution in [0.1, 0.15) is 0 Å². The predicted octanol–water partition coefficient (Wildman–Crippen LogP) is 3.11. The van der Waals surface area contributed by atoms with E-state index >= 15 is 0 Å². The predicted molar refractivity (Wildman–Crippen MR) is 87.8 cm³/mol. The molecule has 0 unspecified atom stereocenters. The van der Waals surface area contributed by atoms with E-state index in [1.807, 2.05) is 11.3 Å². The monoisotopic (exact) mass is 346 g/mol. The third kappa shape index (κ3) is 1.55. The Kier molecular flexibility index (Phi) is 2.69. The van der Waals surface area contributed by atoms with Crippen molar-refractivity contribution in [1.29, 1.82) is 0 Å². The Morgan fingerprint density at radius 2 is 1.32 bits per heavy atom. The zero-order valence-electron chi connectivity index (χ0n) is 10.1. The first-order valence-electron chi connectivity index (χ1n) is 6.15. The van der Waals surface area contributed by atoms with Crippen LogP contribution < -0.4 is 15.2 Å².